The van der Waals surface area contributed by atoms with Crippen LogP contribution in [0.4, 0.5) is 0 Å². The van der Waals surface area contributed by atoms with E-state index in [-0.39, 0.29) is 5.97 Å². The van der Waals surface area contributed by atoms with Gasteiger partial charge in [0.2, 0.25) is 0 Å². The van der Waals surface area contributed by atoms with Crippen LogP contribution in [0.15, 0.2) is 11.8 Å². The molecule has 1 rings (SSSR count). The number of hydrogen-bond acceptors (Lipinski definition) is 2. The van der Waals surface area contributed by atoms with Gasteiger partial charge in [0, 0.05) is 13.3 Å². The first-order valence-corrected chi connectivity index (χ1v) is 5.27. The highest BCUT2D eigenvalue weighted by molar-refractivity contribution is 5.67. The molecule has 2 nitrogen and oxygen atoms in total. The van der Waals surface area contributed by atoms with Gasteiger partial charge in [-0.1, -0.05) is 20.8 Å². The largest absolute Gasteiger partial charge is 0.432 e. The molecule has 0 amide bonds. The summed E-state index contributed by atoms with van der Waals surface area (Å²) in [7, 11) is 0. The number of esters is 1. The van der Waals surface area contributed by atoms with Gasteiger partial charge in [-0.2, -0.15) is 0 Å². The molecule has 0 aromatic heterocycles. The summed E-state index contributed by atoms with van der Waals surface area (Å²) in [5, 5.41) is 0. The number of hydrogen-bond donors (Lipinski definition) is 0. The number of rotatable bonds is 1. The molecular formula is C12H20O2. The maximum atomic E-state index is 10.7. The molecule has 0 radical (unpaired) electrons. The minimum absolute atomic E-state index is 0.203. The van der Waals surface area contributed by atoms with E-state index in [4.69, 9.17) is 4.74 Å². The van der Waals surface area contributed by atoms with E-state index in [0.717, 1.165) is 25.0 Å². The normalized spacial score (nSPS) is 22.9. The SMILES string of the molecule is CC(=O)OC1=CCC(C(C)(C)C)CC1. The van der Waals surface area contributed by atoms with E-state index in [1.165, 1.54) is 6.92 Å². The molecule has 0 aromatic rings. The third kappa shape index (κ3) is 3.17. The molecule has 1 aliphatic rings. The summed E-state index contributed by atoms with van der Waals surface area (Å²) in [4.78, 5) is 10.7. The van der Waals surface area contributed by atoms with Crippen molar-refractivity contribution < 1.29 is 9.53 Å². The van der Waals surface area contributed by atoms with Crippen molar-refractivity contribution in [3.8, 4) is 0 Å². The number of carbonyl (C=O) groups is 1. The molecule has 1 atom stereocenters. The van der Waals surface area contributed by atoms with E-state index in [1.54, 1.807) is 0 Å². The van der Waals surface area contributed by atoms with Crippen molar-refractivity contribution in [1.29, 1.82) is 0 Å². The van der Waals surface area contributed by atoms with Crippen LogP contribution in [0.25, 0.3) is 0 Å². The highest BCUT2D eigenvalue weighted by Gasteiger charge is 2.26. The van der Waals surface area contributed by atoms with Gasteiger partial charge in [-0.3, -0.25) is 4.79 Å². The minimum Gasteiger partial charge on any atom is -0.432 e. The van der Waals surface area contributed by atoms with Crippen LogP contribution in [0.1, 0.15) is 47.0 Å². The van der Waals surface area contributed by atoms with Crippen molar-refractivity contribution in [1.82, 2.24) is 0 Å². The third-order valence-electron chi connectivity index (χ3n) is 2.87. The standard InChI is InChI=1S/C12H20O2/c1-9(13)14-11-7-5-10(6-8-11)12(2,3)4/h7,10H,5-6,8H2,1-4H3. The van der Waals surface area contributed by atoms with E-state index in [0.29, 0.717) is 11.3 Å². The second kappa shape index (κ2) is 4.16. The van der Waals surface area contributed by atoms with Gasteiger partial charge in [0.05, 0.1) is 0 Å². The Bertz CT molecular complexity index is 246. The fourth-order valence-electron chi connectivity index (χ4n) is 1.87. The van der Waals surface area contributed by atoms with Crippen LogP contribution in [-0.4, -0.2) is 5.97 Å². The smallest absolute Gasteiger partial charge is 0.307 e. The van der Waals surface area contributed by atoms with Gasteiger partial charge in [0.15, 0.2) is 0 Å². The molecule has 1 aliphatic carbocycles. The molecule has 80 valence electrons. The molecule has 0 saturated heterocycles. The lowest BCUT2D eigenvalue weighted by Gasteiger charge is -2.32. The summed E-state index contributed by atoms with van der Waals surface area (Å²) in [5.74, 6) is 1.37. The van der Waals surface area contributed by atoms with Crippen molar-refractivity contribution in [2.45, 2.75) is 47.0 Å². The fraction of sp³-hybridized carbons (Fsp3) is 0.750. The minimum atomic E-state index is -0.203. The summed E-state index contributed by atoms with van der Waals surface area (Å²) in [5.41, 5.74) is 0.359. The predicted molar refractivity (Wildman–Crippen MR) is 56.6 cm³/mol. The zero-order valence-corrected chi connectivity index (χ0v) is 9.59. The van der Waals surface area contributed by atoms with Crippen molar-refractivity contribution >= 4 is 5.97 Å². The van der Waals surface area contributed by atoms with Gasteiger partial charge in [0.25, 0.3) is 0 Å². The average Bonchev–Trinajstić information content (AvgIpc) is 2.02. The molecule has 2 heteroatoms. The molecule has 0 heterocycles. The lowest BCUT2D eigenvalue weighted by molar-refractivity contribution is -0.137. The van der Waals surface area contributed by atoms with Crippen molar-refractivity contribution in [3.63, 3.8) is 0 Å². The second-order valence-corrected chi connectivity index (χ2v) is 5.10. The predicted octanol–water partition coefficient (Wildman–Crippen LogP) is 3.28. The highest BCUT2D eigenvalue weighted by atomic mass is 16.5. The molecule has 1 unspecified atom stereocenters. The number of carbonyl (C=O) groups excluding carboxylic acids is 1. The second-order valence-electron chi connectivity index (χ2n) is 5.10. The Kier molecular flexibility index (Phi) is 3.35. The molecular weight excluding hydrogens is 176 g/mol. The van der Waals surface area contributed by atoms with E-state index in [1.807, 2.05) is 0 Å². The van der Waals surface area contributed by atoms with Crippen LogP contribution < -0.4 is 0 Å². The first-order chi connectivity index (χ1) is 6.39. The lowest BCUT2D eigenvalue weighted by Crippen LogP contribution is -2.22. The first-order valence-electron chi connectivity index (χ1n) is 5.27. The van der Waals surface area contributed by atoms with Crippen LogP contribution >= 0.6 is 0 Å². The average molecular weight is 196 g/mol. The Morgan fingerprint density at radius 1 is 1.50 bits per heavy atom. The van der Waals surface area contributed by atoms with E-state index in [2.05, 4.69) is 26.8 Å². The van der Waals surface area contributed by atoms with Gasteiger partial charge >= 0.3 is 5.97 Å². The Morgan fingerprint density at radius 3 is 2.50 bits per heavy atom. The maximum Gasteiger partial charge on any atom is 0.307 e. The highest BCUT2D eigenvalue weighted by Crippen LogP contribution is 2.37. The lowest BCUT2D eigenvalue weighted by atomic mass is 9.74. The topological polar surface area (TPSA) is 26.3 Å². The van der Waals surface area contributed by atoms with Gasteiger partial charge in [0.1, 0.15) is 5.76 Å². The summed E-state index contributed by atoms with van der Waals surface area (Å²) in [6.45, 7) is 8.25. The van der Waals surface area contributed by atoms with Crippen LogP contribution in [0.5, 0.6) is 0 Å². The Morgan fingerprint density at radius 2 is 2.14 bits per heavy atom. The molecule has 0 N–H and O–H groups in total. The molecule has 0 fully saturated rings. The molecule has 0 bridgehead atoms. The van der Waals surface area contributed by atoms with Gasteiger partial charge in [-0.25, -0.2) is 0 Å². The number of allylic oxidation sites excluding steroid dienone is 2. The number of ether oxygens (including phenoxy) is 1. The Balaban J connectivity index is 2.51. The van der Waals surface area contributed by atoms with Gasteiger partial charge in [-0.05, 0) is 30.3 Å². The maximum absolute atomic E-state index is 10.7. The van der Waals surface area contributed by atoms with E-state index < -0.39 is 0 Å². The summed E-state index contributed by atoms with van der Waals surface area (Å²) >= 11 is 0. The van der Waals surface area contributed by atoms with Crippen LogP contribution in [0.3, 0.4) is 0 Å². The molecule has 14 heavy (non-hydrogen) atoms. The fourth-order valence-corrected chi connectivity index (χ4v) is 1.87. The van der Waals surface area contributed by atoms with Gasteiger partial charge < -0.3 is 4.74 Å². The zero-order chi connectivity index (χ0) is 10.8. The zero-order valence-electron chi connectivity index (χ0n) is 9.59. The Hall–Kier alpha value is -0.790. The molecule has 0 aliphatic heterocycles. The van der Waals surface area contributed by atoms with Crippen LogP contribution in [0.2, 0.25) is 0 Å². The van der Waals surface area contributed by atoms with Crippen molar-refractivity contribution in [2.75, 3.05) is 0 Å². The van der Waals surface area contributed by atoms with Crippen molar-refractivity contribution in [2.24, 2.45) is 11.3 Å². The first kappa shape index (κ1) is 11.3. The molecule has 0 saturated carbocycles. The van der Waals surface area contributed by atoms with Gasteiger partial charge in [-0.15, -0.1) is 0 Å². The Labute approximate surface area is 86.3 Å². The third-order valence-corrected chi connectivity index (χ3v) is 2.87. The molecule has 0 aromatic carbocycles. The monoisotopic (exact) mass is 196 g/mol. The summed E-state index contributed by atoms with van der Waals surface area (Å²) in [6.07, 6.45) is 5.14. The van der Waals surface area contributed by atoms with Crippen LogP contribution in [0, 0.1) is 11.3 Å². The quantitative estimate of drug-likeness (QED) is 0.601. The summed E-state index contributed by atoms with van der Waals surface area (Å²) in [6, 6.07) is 0. The summed E-state index contributed by atoms with van der Waals surface area (Å²) < 4.78 is 5.07. The van der Waals surface area contributed by atoms with Crippen LogP contribution in [-0.2, 0) is 9.53 Å². The van der Waals surface area contributed by atoms with Crippen molar-refractivity contribution in [3.05, 3.63) is 11.8 Å². The van der Waals surface area contributed by atoms with E-state index in [9.17, 15) is 4.79 Å². The van der Waals surface area contributed by atoms with E-state index >= 15 is 0 Å². The molecule has 0 spiro atoms.